The van der Waals surface area contributed by atoms with Crippen LogP contribution in [0.3, 0.4) is 0 Å². The molecule has 2 aliphatic rings. The van der Waals surface area contributed by atoms with E-state index in [2.05, 4.69) is 0 Å². The summed E-state index contributed by atoms with van der Waals surface area (Å²) in [6, 6.07) is -0.108. The largest absolute Gasteiger partial charge is 0.444 e. The van der Waals surface area contributed by atoms with Crippen LogP contribution in [-0.4, -0.2) is 58.1 Å². The molecule has 0 aromatic carbocycles. The van der Waals surface area contributed by atoms with Gasteiger partial charge in [-0.25, -0.2) is 9.59 Å². The maximum Gasteiger partial charge on any atom is 0.414 e. The molecule has 1 saturated heterocycles. The van der Waals surface area contributed by atoms with E-state index < -0.39 is 16.9 Å². The van der Waals surface area contributed by atoms with Crippen molar-refractivity contribution in [3.05, 3.63) is 12.3 Å². The lowest BCUT2D eigenvalue weighted by Gasteiger charge is -2.35. The maximum absolute atomic E-state index is 12.7. The van der Waals surface area contributed by atoms with Crippen LogP contribution in [0.2, 0.25) is 0 Å². The molecule has 2 rings (SSSR count). The van der Waals surface area contributed by atoms with Gasteiger partial charge in [0.15, 0.2) is 0 Å². The zero-order valence-corrected chi connectivity index (χ0v) is 17.9. The van der Waals surface area contributed by atoms with Crippen molar-refractivity contribution in [3.63, 3.8) is 0 Å². The summed E-state index contributed by atoms with van der Waals surface area (Å²) in [5, 5.41) is 0. The second-order valence-corrected chi connectivity index (χ2v) is 9.73. The van der Waals surface area contributed by atoms with Crippen molar-refractivity contribution in [3.8, 4) is 0 Å². The quantitative estimate of drug-likeness (QED) is 0.718. The zero-order valence-electron chi connectivity index (χ0n) is 17.9. The molecule has 1 fully saturated rings. The highest BCUT2D eigenvalue weighted by Crippen LogP contribution is 2.33. The fourth-order valence-electron chi connectivity index (χ4n) is 3.30. The third kappa shape index (κ3) is 5.86. The van der Waals surface area contributed by atoms with Gasteiger partial charge in [-0.05, 0) is 67.7 Å². The Bertz CT molecular complexity index is 600. The molecule has 7 nitrogen and oxygen atoms in total. The third-order valence-corrected chi connectivity index (χ3v) is 4.34. The highest BCUT2D eigenvalue weighted by molar-refractivity contribution is 5.70. The van der Waals surface area contributed by atoms with Crippen LogP contribution in [0.4, 0.5) is 9.59 Å². The molecule has 0 N–H and O–H groups in total. The van der Waals surface area contributed by atoms with Crippen LogP contribution in [0, 0.1) is 5.92 Å². The van der Waals surface area contributed by atoms with Gasteiger partial charge in [-0.15, -0.1) is 0 Å². The van der Waals surface area contributed by atoms with Crippen LogP contribution in [0.5, 0.6) is 0 Å². The summed E-state index contributed by atoms with van der Waals surface area (Å²) in [6.45, 7) is 15.8. The first-order chi connectivity index (χ1) is 12.2. The first-order valence-electron chi connectivity index (χ1n) is 9.52. The number of amides is 2. The monoisotopic (exact) mass is 382 g/mol. The molecule has 0 spiro atoms. The van der Waals surface area contributed by atoms with Gasteiger partial charge in [-0.1, -0.05) is 6.08 Å². The van der Waals surface area contributed by atoms with Crippen molar-refractivity contribution in [2.24, 2.45) is 5.92 Å². The smallest absolute Gasteiger partial charge is 0.414 e. The van der Waals surface area contributed by atoms with E-state index >= 15 is 0 Å². The van der Waals surface area contributed by atoms with Gasteiger partial charge in [0, 0.05) is 12.7 Å². The van der Waals surface area contributed by atoms with Crippen molar-refractivity contribution in [1.82, 2.24) is 9.80 Å². The van der Waals surface area contributed by atoms with Gasteiger partial charge in [0.25, 0.3) is 0 Å². The average Bonchev–Trinajstić information content (AvgIpc) is 3.00. The molecule has 0 radical (unpaired) electrons. The highest BCUT2D eigenvalue weighted by atomic mass is 16.6. The molecular formula is C20H34N2O5. The third-order valence-electron chi connectivity index (χ3n) is 4.34. The summed E-state index contributed by atoms with van der Waals surface area (Å²) in [5.41, 5.74) is -1.82. The van der Waals surface area contributed by atoms with Gasteiger partial charge < -0.3 is 14.2 Å². The van der Waals surface area contributed by atoms with Crippen LogP contribution >= 0.6 is 0 Å². The molecule has 2 atom stereocenters. The number of carbonyl (C=O) groups is 2. The average molecular weight is 383 g/mol. The normalized spacial score (nSPS) is 25.0. The molecule has 0 saturated carbocycles. The molecule has 0 aromatic heterocycles. The van der Waals surface area contributed by atoms with Crippen molar-refractivity contribution in [2.45, 2.75) is 84.8 Å². The topological polar surface area (TPSA) is 68.3 Å². The molecular weight excluding hydrogens is 348 g/mol. The van der Waals surface area contributed by atoms with Crippen molar-refractivity contribution < 1.29 is 23.8 Å². The number of rotatable bonds is 2. The molecule has 2 aliphatic heterocycles. The second kappa shape index (κ2) is 7.34. The van der Waals surface area contributed by atoms with Crippen molar-refractivity contribution in [1.29, 1.82) is 0 Å². The number of ether oxygens (including phenoxy) is 3. The Labute approximate surface area is 162 Å². The summed E-state index contributed by atoms with van der Waals surface area (Å²) >= 11 is 0. The van der Waals surface area contributed by atoms with E-state index in [1.807, 2.05) is 61.5 Å². The van der Waals surface area contributed by atoms with E-state index in [0.29, 0.717) is 19.6 Å². The predicted octanol–water partition coefficient (Wildman–Crippen LogP) is 4.13. The van der Waals surface area contributed by atoms with E-state index in [-0.39, 0.29) is 24.1 Å². The van der Waals surface area contributed by atoms with E-state index in [9.17, 15) is 9.59 Å². The molecule has 2 heterocycles. The first kappa shape index (κ1) is 21.5. The van der Waals surface area contributed by atoms with Crippen LogP contribution in [-0.2, 0) is 14.2 Å². The zero-order chi connectivity index (χ0) is 20.6. The lowest BCUT2D eigenvalue weighted by atomic mass is 10.0. The Balaban J connectivity index is 1.99. The van der Waals surface area contributed by atoms with Crippen LogP contribution < -0.4 is 0 Å². The lowest BCUT2D eigenvalue weighted by molar-refractivity contribution is -0.0630. The number of hydrogen-bond acceptors (Lipinski definition) is 5. The van der Waals surface area contributed by atoms with Crippen LogP contribution in [0.1, 0.15) is 61.8 Å². The minimum atomic E-state index is -0.722. The molecule has 27 heavy (non-hydrogen) atoms. The predicted molar refractivity (Wildman–Crippen MR) is 102 cm³/mol. The Morgan fingerprint density at radius 2 is 1.63 bits per heavy atom. The van der Waals surface area contributed by atoms with Crippen LogP contribution in [0.15, 0.2) is 12.3 Å². The standard InChI is InChI=1S/C20H34N2O5/c1-18(2,3)26-16(23)21-10-9-14(12-21)11-15-13-25-20(7,8)22(15)17(24)27-19(4,5)6/h9-10,14-15H,11-13H2,1-8H3/t14-,15-/m0/s1. The SMILES string of the molecule is CC(C)(C)OC(=O)N1C=C[C@@H](C[C@H]2COC(C)(C)N2C(=O)OC(C)(C)C)C1. The summed E-state index contributed by atoms with van der Waals surface area (Å²) in [6.07, 6.45) is 3.72. The fourth-order valence-corrected chi connectivity index (χ4v) is 3.30. The first-order valence-corrected chi connectivity index (χ1v) is 9.52. The molecule has 2 amide bonds. The minimum absolute atomic E-state index is 0.108. The highest BCUT2D eigenvalue weighted by Gasteiger charge is 2.46. The Morgan fingerprint density at radius 1 is 1.07 bits per heavy atom. The molecule has 7 heteroatoms. The molecule has 0 aliphatic carbocycles. The van der Waals surface area contributed by atoms with Gasteiger partial charge in [0.1, 0.15) is 16.9 Å². The Hall–Kier alpha value is -1.76. The summed E-state index contributed by atoms with van der Waals surface area (Å²) in [4.78, 5) is 28.2. The number of nitrogens with zero attached hydrogens (tertiary/aromatic N) is 2. The van der Waals surface area contributed by atoms with Gasteiger partial charge in [-0.2, -0.15) is 0 Å². The van der Waals surface area contributed by atoms with Crippen LogP contribution in [0.25, 0.3) is 0 Å². The minimum Gasteiger partial charge on any atom is -0.444 e. The molecule has 0 unspecified atom stereocenters. The fraction of sp³-hybridized carbons (Fsp3) is 0.800. The second-order valence-electron chi connectivity index (χ2n) is 9.73. The molecule has 154 valence electrons. The van der Waals surface area contributed by atoms with Crippen molar-refractivity contribution >= 4 is 12.2 Å². The van der Waals surface area contributed by atoms with Gasteiger partial charge in [-0.3, -0.25) is 9.80 Å². The van der Waals surface area contributed by atoms with Crippen molar-refractivity contribution in [2.75, 3.05) is 13.2 Å². The summed E-state index contributed by atoms with van der Waals surface area (Å²) < 4.78 is 16.8. The van der Waals surface area contributed by atoms with E-state index in [4.69, 9.17) is 14.2 Å². The lowest BCUT2D eigenvalue weighted by Crippen LogP contribution is -2.50. The van der Waals surface area contributed by atoms with Gasteiger partial charge in [0.05, 0.1) is 12.6 Å². The van der Waals surface area contributed by atoms with E-state index in [0.717, 1.165) is 0 Å². The number of hydrogen-bond donors (Lipinski definition) is 0. The maximum atomic E-state index is 12.7. The van der Waals surface area contributed by atoms with Gasteiger partial charge >= 0.3 is 12.2 Å². The van der Waals surface area contributed by atoms with E-state index in [1.165, 1.54) is 0 Å². The van der Waals surface area contributed by atoms with E-state index in [1.54, 1.807) is 16.0 Å². The molecule has 0 aromatic rings. The van der Waals surface area contributed by atoms with Gasteiger partial charge in [0.2, 0.25) is 0 Å². The molecule has 0 bridgehead atoms. The summed E-state index contributed by atoms with van der Waals surface area (Å²) in [7, 11) is 0. The Morgan fingerprint density at radius 3 is 2.19 bits per heavy atom. The Kier molecular flexibility index (Phi) is 5.85. The number of carbonyl (C=O) groups excluding carboxylic acids is 2. The summed E-state index contributed by atoms with van der Waals surface area (Å²) in [5.74, 6) is 0.130.